The number of nitrogens with one attached hydrogen (secondary N) is 1. The fourth-order valence-corrected chi connectivity index (χ4v) is 2.68. The first-order valence-electron chi connectivity index (χ1n) is 7.32. The van der Waals surface area contributed by atoms with E-state index in [1.54, 1.807) is 0 Å². The maximum Gasteiger partial charge on any atom is 0.128 e. The molecule has 19 heavy (non-hydrogen) atoms. The molecule has 1 N–H and O–H groups in total. The summed E-state index contributed by atoms with van der Waals surface area (Å²) in [5, 5.41) is 3.49. The van der Waals surface area contributed by atoms with E-state index < -0.39 is 0 Å². The zero-order valence-electron chi connectivity index (χ0n) is 12.9. The lowest BCUT2D eigenvalue weighted by molar-refractivity contribution is 0.424. The van der Waals surface area contributed by atoms with Crippen LogP contribution in [0.15, 0.2) is 18.3 Å². The van der Waals surface area contributed by atoms with E-state index >= 15 is 0 Å². The molecule has 0 aromatic carbocycles. The van der Waals surface area contributed by atoms with Crippen molar-refractivity contribution in [2.45, 2.75) is 59.2 Å². The maximum atomic E-state index is 4.63. The number of pyridine rings is 1. The molecule has 1 aromatic rings. The highest BCUT2D eigenvalue weighted by Gasteiger charge is 2.26. The molecule has 1 aromatic heterocycles. The number of nitrogens with zero attached hydrogens (tertiary/aromatic N) is 2. The monoisotopic (exact) mass is 261 g/mol. The van der Waals surface area contributed by atoms with Crippen LogP contribution in [-0.4, -0.2) is 23.1 Å². The van der Waals surface area contributed by atoms with Crippen molar-refractivity contribution in [1.29, 1.82) is 0 Å². The van der Waals surface area contributed by atoms with Crippen LogP contribution < -0.4 is 10.2 Å². The summed E-state index contributed by atoms with van der Waals surface area (Å²) in [4.78, 5) is 7.05. The van der Waals surface area contributed by atoms with Crippen molar-refractivity contribution in [2.75, 3.05) is 11.4 Å². The van der Waals surface area contributed by atoms with Gasteiger partial charge in [0.2, 0.25) is 0 Å². The molecule has 2 atom stereocenters. The minimum atomic E-state index is 0.150. The molecule has 3 heteroatoms. The van der Waals surface area contributed by atoms with Crippen molar-refractivity contribution in [1.82, 2.24) is 10.3 Å². The Kier molecular flexibility index (Phi) is 4.14. The van der Waals surface area contributed by atoms with E-state index in [1.165, 1.54) is 12.0 Å². The van der Waals surface area contributed by atoms with Crippen LogP contribution in [0.4, 0.5) is 5.82 Å². The summed E-state index contributed by atoms with van der Waals surface area (Å²) >= 11 is 0. The van der Waals surface area contributed by atoms with Gasteiger partial charge in [-0.2, -0.15) is 0 Å². The van der Waals surface area contributed by atoms with E-state index in [0.717, 1.165) is 24.8 Å². The second-order valence-electron chi connectivity index (χ2n) is 6.97. The first kappa shape index (κ1) is 14.3. The van der Waals surface area contributed by atoms with Crippen molar-refractivity contribution in [3.8, 4) is 0 Å². The molecule has 0 radical (unpaired) electrons. The average Bonchev–Trinajstić information content (AvgIpc) is 2.66. The number of hydrogen-bond donors (Lipinski definition) is 1. The molecule has 1 saturated heterocycles. The summed E-state index contributed by atoms with van der Waals surface area (Å²) in [5.41, 5.74) is 1.40. The molecule has 2 heterocycles. The van der Waals surface area contributed by atoms with Crippen LogP contribution in [-0.2, 0) is 6.54 Å². The van der Waals surface area contributed by atoms with Gasteiger partial charge in [0.25, 0.3) is 0 Å². The summed E-state index contributed by atoms with van der Waals surface area (Å²) < 4.78 is 0. The smallest absolute Gasteiger partial charge is 0.128 e. The Labute approximate surface area is 117 Å². The van der Waals surface area contributed by atoms with E-state index in [2.05, 4.69) is 62.0 Å². The predicted octanol–water partition coefficient (Wildman–Crippen LogP) is 3.20. The van der Waals surface area contributed by atoms with Gasteiger partial charge in [-0.25, -0.2) is 4.98 Å². The van der Waals surface area contributed by atoms with Gasteiger partial charge in [0.05, 0.1) is 0 Å². The number of anilines is 1. The highest BCUT2D eigenvalue weighted by molar-refractivity contribution is 5.41. The number of rotatable bonds is 3. The summed E-state index contributed by atoms with van der Waals surface area (Å²) in [6.07, 6.45) is 3.28. The zero-order chi connectivity index (χ0) is 14.0. The number of aromatic nitrogens is 1. The maximum absolute atomic E-state index is 4.63. The van der Waals surface area contributed by atoms with E-state index in [1.807, 2.05) is 6.20 Å². The summed E-state index contributed by atoms with van der Waals surface area (Å²) in [6.45, 7) is 13.2. The van der Waals surface area contributed by atoms with Gasteiger partial charge in [-0.05, 0) is 51.7 Å². The Bertz CT molecular complexity index is 405. The lowest BCUT2D eigenvalue weighted by Gasteiger charge is -2.23. The number of hydrogen-bond acceptors (Lipinski definition) is 3. The standard InChI is InChI=1S/C16H27N3/c1-12-8-13(2)19(11-12)15-7-6-14(9-17-15)10-18-16(3,4)5/h6-7,9,12-13,18H,8,10-11H2,1-5H3. The fourth-order valence-electron chi connectivity index (χ4n) is 2.68. The van der Waals surface area contributed by atoms with Crippen LogP contribution in [0.2, 0.25) is 0 Å². The summed E-state index contributed by atoms with van der Waals surface area (Å²) in [6, 6.07) is 4.96. The van der Waals surface area contributed by atoms with Gasteiger partial charge in [-0.3, -0.25) is 0 Å². The van der Waals surface area contributed by atoms with E-state index in [0.29, 0.717) is 6.04 Å². The average molecular weight is 261 g/mol. The molecule has 2 unspecified atom stereocenters. The van der Waals surface area contributed by atoms with E-state index in [-0.39, 0.29) is 5.54 Å². The Morgan fingerprint density at radius 2 is 2.05 bits per heavy atom. The molecule has 0 amide bonds. The van der Waals surface area contributed by atoms with Crippen LogP contribution in [0.3, 0.4) is 0 Å². The fraction of sp³-hybridized carbons (Fsp3) is 0.688. The molecular weight excluding hydrogens is 234 g/mol. The SMILES string of the molecule is CC1CC(C)N(c2ccc(CNC(C)(C)C)cn2)C1. The minimum absolute atomic E-state index is 0.150. The van der Waals surface area contributed by atoms with Crippen LogP contribution in [0.1, 0.15) is 46.6 Å². The molecule has 2 rings (SSSR count). The quantitative estimate of drug-likeness (QED) is 0.905. The second kappa shape index (κ2) is 5.49. The highest BCUT2D eigenvalue weighted by Crippen LogP contribution is 2.27. The topological polar surface area (TPSA) is 28.2 Å². The van der Waals surface area contributed by atoms with Crippen LogP contribution in [0.5, 0.6) is 0 Å². The third-order valence-corrected chi connectivity index (χ3v) is 3.71. The highest BCUT2D eigenvalue weighted by atomic mass is 15.2. The largest absolute Gasteiger partial charge is 0.354 e. The Hall–Kier alpha value is -1.09. The van der Waals surface area contributed by atoms with Crippen molar-refractivity contribution in [2.24, 2.45) is 5.92 Å². The van der Waals surface area contributed by atoms with Gasteiger partial charge in [-0.15, -0.1) is 0 Å². The normalized spacial score (nSPS) is 23.9. The summed E-state index contributed by atoms with van der Waals surface area (Å²) in [7, 11) is 0. The Balaban J connectivity index is 1.99. The van der Waals surface area contributed by atoms with Gasteiger partial charge in [0.1, 0.15) is 5.82 Å². The molecule has 1 aliphatic rings. The Morgan fingerprint density at radius 1 is 1.32 bits per heavy atom. The molecule has 0 aliphatic carbocycles. The van der Waals surface area contributed by atoms with Crippen LogP contribution >= 0.6 is 0 Å². The molecule has 1 fully saturated rings. The molecule has 106 valence electrons. The molecule has 0 spiro atoms. The van der Waals surface area contributed by atoms with Gasteiger partial charge in [0, 0.05) is 30.9 Å². The van der Waals surface area contributed by atoms with Crippen LogP contribution in [0, 0.1) is 5.92 Å². The van der Waals surface area contributed by atoms with Crippen molar-refractivity contribution in [3.63, 3.8) is 0 Å². The van der Waals surface area contributed by atoms with Crippen LogP contribution in [0.25, 0.3) is 0 Å². The van der Waals surface area contributed by atoms with Crippen molar-refractivity contribution >= 4 is 5.82 Å². The third-order valence-electron chi connectivity index (χ3n) is 3.71. The summed E-state index contributed by atoms with van der Waals surface area (Å²) in [5.74, 6) is 1.90. The Morgan fingerprint density at radius 3 is 2.53 bits per heavy atom. The first-order valence-corrected chi connectivity index (χ1v) is 7.32. The lowest BCUT2D eigenvalue weighted by Crippen LogP contribution is -2.35. The van der Waals surface area contributed by atoms with Gasteiger partial charge < -0.3 is 10.2 Å². The molecule has 0 bridgehead atoms. The van der Waals surface area contributed by atoms with Crippen molar-refractivity contribution in [3.05, 3.63) is 23.9 Å². The molecule has 0 saturated carbocycles. The van der Waals surface area contributed by atoms with Gasteiger partial charge in [-0.1, -0.05) is 13.0 Å². The predicted molar refractivity (Wildman–Crippen MR) is 81.4 cm³/mol. The third kappa shape index (κ3) is 3.93. The molecule has 3 nitrogen and oxygen atoms in total. The van der Waals surface area contributed by atoms with Gasteiger partial charge in [0.15, 0.2) is 0 Å². The van der Waals surface area contributed by atoms with Gasteiger partial charge >= 0.3 is 0 Å². The first-order chi connectivity index (χ1) is 8.85. The minimum Gasteiger partial charge on any atom is -0.354 e. The lowest BCUT2D eigenvalue weighted by atomic mass is 10.1. The molecule has 1 aliphatic heterocycles. The second-order valence-corrected chi connectivity index (χ2v) is 6.97. The van der Waals surface area contributed by atoms with E-state index in [9.17, 15) is 0 Å². The molecular formula is C16H27N3. The zero-order valence-corrected chi connectivity index (χ0v) is 12.9. The van der Waals surface area contributed by atoms with Crippen molar-refractivity contribution < 1.29 is 0 Å². The van der Waals surface area contributed by atoms with E-state index in [4.69, 9.17) is 0 Å².